The van der Waals surface area contributed by atoms with Crippen LogP contribution in [0.15, 0.2) is 16.3 Å². The number of ether oxygens (including phenoxy) is 1. The molecule has 0 amide bonds. The number of hydrogen-bond acceptors (Lipinski definition) is 5. The molecular formula is C13H19NO4. The summed E-state index contributed by atoms with van der Waals surface area (Å²) < 4.78 is 4.71. The van der Waals surface area contributed by atoms with Crippen LogP contribution in [0, 0.1) is 11.3 Å². The number of hydrogen-bond donors (Lipinski definition) is 1. The molecule has 0 aliphatic heterocycles. The van der Waals surface area contributed by atoms with Crippen molar-refractivity contribution in [3.63, 3.8) is 0 Å². The summed E-state index contributed by atoms with van der Waals surface area (Å²) in [5.41, 5.74) is -0.0830. The quantitative estimate of drug-likeness (QED) is 0.600. The molecule has 1 N–H and O–H groups in total. The number of aliphatic hydroxyl groups excluding tert-OH is 1. The Bertz CT molecular complexity index is 446. The number of ketones is 1. The van der Waals surface area contributed by atoms with Crippen molar-refractivity contribution < 1.29 is 19.4 Å². The Labute approximate surface area is 107 Å². The molecule has 1 atom stereocenters. The lowest BCUT2D eigenvalue weighted by Crippen LogP contribution is -2.41. The fourth-order valence-corrected chi connectivity index (χ4v) is 2.31. The van der Waals surface area contributed by atoms with E-state index in [1.54, 1.807) is 20.8 Å². The molecule has 5 heteroatoms. The molecule has 100 valence electrons. The first kappa shape index (κ1) is 14.4. The summed E-state index contributed by atoms with van der Waals surface area (Å²) in [5, 5.41) is 10.2. The van der Waals surface area contributed by atoms with Gasteiger partial charge in [-0.1, -0.05) is 13.8 Å². The van der Waals surface area contributed by atoms with Gasteiger partial charge in [0, 0.05) is 19.2 Å². The molecule has 0 saturated carbocycles. The maximum atomic E-state index is 12.0. The van der Waals surface area contributed by atoms with Gasteiger partial charge < -0.3 is 9.84 Å². The number of carbonyl (C=O) groups excluding carboxylic acids is 2. The van der Waals surface area contributed by atoms with E-state index in [0.717, 1.165) is 0 Å². The van der Waals surface area contributed by atoms with Gasteiger partial charge in [-0.3, -0.25) is 14.6 Å². The van der Waals surface area contributed by atoms with Crippen LogP contribution in [0.4, 0.5) is 0 Å². The predicted molar refractivity (Wildman–Crippen MR) is 67.6 cm³/mol. The second-order valence-corrected chi connectivity index (χ2v) is 5.11. The first-order valence-electron chi connectivity index (χ1n) is 5.74. The molecule has 0 aromatic rings. The van der Waals surface area contributed by atoms with Crippen LogP contribution < -0.4 is 0 Å². The van der Waals surface area contributed by atoms with E-state index in [0.29, 0.717) is 5.71 Å². The Morgan fingerprint density at radius 2 is 2.06 bits per heavy atom. The lowest BCUT2D eigenvalue weighted by molar-refractivity contribution is -0.150. The monoisotopic (exact) mass is 253 g/mol. The van der Waals surface area contributed by atoms with Crippen molar-refractivity contribution in [2.45, 2.75) is 27.2 Å². The normalized spacial score (nSPS) is 24.2. The second-order valence-electron chi connectivity index (χ2n) is 5.11. The molecule has 0 radical (unpaired) electrons. The van der Waals surface area contributed by atoms with Gasteiger partial charge in [-0.25, -0.2) is 0 Å². The number of Topliss-reactive ketones (excluding diaryl/α,β-unsaturated/α-hetero) is 1. The molecule has 0 bridgehead atoms. The molecule has 0 unspecified atom stereocenters. The SMILES string of the molecule is CN=C(C)C1=C(O)[C@H](C(=O)OC)C(C)(C)CC1=O. The topological polar surface area (TPSA) is 76.0 Å². The van der Waals surface area contributed by atoms with Crippen molar-refractivity contribution in [3.8, 4) is 0 Å². The van der Waals surface area contributed by atoms with Gasteiger partial charge in [0.15, 0.2) is 5.78 Å². The van der Waals surface area contributed by atoms with Gasteiger partial charge in [-0.15, -0.1) is 0 Å². The minimum atomic E-state index is -0.827. The van der Waals surface area contributed by atoms with E-state index in [9.17, 15) is 14.7 Å². The van der Waals surface area contributed by atoms with E-state index in [-0.39, 0.29) is 23.5 Å². The van der Waals surface area contributed by atoms with Crippen molar-refractivity contribution in [1.82, 2.24) is 0 Å². The van der Waals surface area contributed by atoms with E-state index < -0.39 is 17.3 Å². The number of nitrogens with zero attached hydrogens (tertiary/aromatic N) is 1. The summed E-state index contributed by atoms with van der Waals surface area (Å²) in [4.78, 5) is 27.7. The highest BCUT2D eigenvalue weighted by atomic mass is 16.5. The number of allylic oxidation sites excluding steroid dienone is 1. The fourth-order valence-electron chi connectivity index (χ4n) is 2.31. The highest BCUT2D eigenvalue weighted by Crippen LogP contribution is 2.42. The van der Waals surface area contributed by atoms with Crippen molar-refractivity contribution in [2.24, 2.45) is 16.3 Å². The number of aliphatic imine (C=N–C) groups is 1. The molecule has 0 heterocycles. The molecule has 1 aliphatic rings. The number of carbonyl (C=O) groups is 2. The van der Waals surface area contributed by atoms with Crippen LogP contribution in [0.1, 0.15) is 27.2 Å². The average Bonchev–Trinajstić information content (AvgIpc) is 2.26. The number of rotatable bonds is 2. The van der Waals surface area contributed by atoms with E-state index in [2.05, 4.69) is 4.99 Å². The molecule has 0 spiro atoms. The van der Waals surface area contributed by atoms with Crippen LogP contribution in [0.2, 0.25) is 0 Å². The maximum Gasteiger partial charge on any atom is 0.316 e. The van der Waals surface area contributed by atoms with Gasteiger partial charge in [0.1, 0.15) is 11.7 Å². The Hall–Kier alpha value is -1.65. The summed E-state index contributed by atoms with van der Waals surface area (Å²) in [6.45, 7) is 5.16. The van der Waals surface area contributed by atoms with Gasteiger partial charge in [0.05, 0.1) is 12.7 Å². The van der Waals surface area contributed by atoms with Gasteiger partial charge in [0.25, 0.3) is 0 Å². The zero-order valence-corrected chi connectivity index (χ0v) is 11.4. The Kier molecular flexibility index (Phi) is 3.94. The third-order valence-electron chi connectivity index (χ3n) is 3.34. The number of esters is 1. The molecule has 18 heavy (non-hydrogen) atoms. The standard InChI is InChI=1S/C13H19NO4/c1-7(14-4)9-8(15)6-13(2,3)10(11(9)16)12(17)18-5/h10,16H,6H2,1-5H3/t10-/m1/s1. The van der Waals surface area contributed by atoms with Crippen LogP contribution in [0.5, 0.6) is 0 Å². The van der Waals surface area contributed by atoms with Crippen molar-refractivity contribution in [1.29, 1.82) is 0 Å². The van der Waals surface area contributed by atoms with Crippen molar-refractivity contribution >= 4 is 17.5 Å². The Balaban J connectivity index is 3.42. The summed E-state index contributed by atoms with van der Waals surface area (Å²) in [7, 11) is 2.80. The van der Waals surface area contributed by atoms with Gasteiger partial charge in [-0.05, 0) is 12.3 Å². The molecule has 1 aliphatic carbocycles. The Morgan fingerprint density at radius 3 is 2.50 bits per heavy atom. The smallest absolute Gasteiger partial charge is 0.316 e. The first-order chi connectivity index (χ1) is 8.26. The number of aliphatic hydroxyl groups is 1. The average molecular weight is 253 g/mol. The lowest BCUT2D eigenvalue weighted by Gasteiger charge is -2.36. The van der Waals surface area contributed by atoms with Crippen LogP contribution in [0.3, 0.4) is 0 Å². The molecule has 0 fully saturated rings. The molecule has 1 rings (SSSR count). The maximum absolute atomic E-state index is 12.0. The van der Waals surface area contributed by atoms with E-state index >= 15 is 0 Å². The number of methoxy groups -OCH3 is 1. The second kappa shape index (κ2) is 4.92. The molecule has 0 aromatic heterocycles. The van der Waals surface area contributed by atoms with Crippen molar-refractivity contribution in [3.05, 3.63) is 11.3 Å². The lowest BCUT2D eigenvalue weighted by atomic mass is 9.68. The first-order valence-corrected chi connectivity index (χ1v) is 5.74. The Morgan fingerprint density at radius 1 is 1.50 bits per heavy atom. The van der Waals surface area contributed by atoms with E-state index in [1.165, 1.54) is 14.2 Å². The van der Waals surface area contributed by atoms with Crippen LogP contribution in [-0.4, -0.2) is 36.7 Å². The largest absolute Gasteiger partial charge is 0.511 e. The van der Waals surface area contributed by atoms with Gasteiger partial charge in [-0.2, -0.15) is 0 Å². The molecule has 0 aromatic carbocycles. The predicted octanol–water partition coefficient (Wildman–Crippen LogP) is 1.68. The van der Waals surface area contributed by atoms with Crippen LogP contribution >= 0.6 is 0 Å². The van der Waals surface area contributed by atoms with Crippen LogP contribution in [0.25, 0.3) is 0 Å². The summed E-state index contributed by atoms with van der Waals surface area (Å²) in [6.07, 6.45) is 0.180. The van der Waals surface area contributed by atoms with E-state index in [4.69, 9.17) is 4.74 Å². The molecule has 5 nitrogen and oxygen atoms in total. The highest BCUT2D eigenvalue weighted by molar-refractivity contribution is 6.23. The molecular weight excluding hydrogens is 234 g/mol. The highest BCUT2D eigenvalue weighted by Gasteiger charge is 2.47. The van der Waals surface area contributed by atoms with Crippen molar-refractivity contribution in [2.75, 3.05) is 14.2 Å². The minimum Gasteiger partial charge on any atom is -0.511 e. The minimum absolute atomic E-state index is 0.146. The third kappa shape index (κ3) is 2.30. The summed E-state index contributed by atoms with van der Waals surface area (Å²) in [6, 6.07) is 0. The van der Waals surface area contributed by atoms with Crippen LogP contribution in [-0.2, 0) is 14.3 Å². The summed E-state index contributed by atoms with van der Waals surface area (Å²) >= 11 is 0. The zero-order valence-electron chi connectivity index (χ0n) is 11.4. The van der Waals surface area contributed by atoms with Gasteiger partial charge in [0.2, 0.25) is 0 Å². The summed E-state index contributed by atoms with van der Waals surface area (Å²) in [5.74, 6) is -1.79. The van der Waals surface area contributed by atoms with Gasteiger partial charge >= 0.3 is 5.97 Å². The third-order valence-corrected chi connectivity index (χ3v) is 3.34. The fraction of sp³-hybridized carbons (Fsp3) is 0.615. The zero-order chi connectivity index (χ0) is 14.1. The molecule has 0 saturated heterocycles. The van der Waals surface area contributed by atoms with E-state index in [1.807, 2.05) is 0 Å².